The molecule has 0 radical (unpaired) electrons. The third-order valence-corrected chi connectivity index (χ3v) is 3.53. The highest BCUT2D eigenvalue weighted by atomic mass is 35.5. The first-order valence-electron chi connectivity index (χ1n) is 7.19. The highest BCUT2D eigenvalue weighted by Gasteiger charge is 2.18. The third kappa shape index (κ3) is 4.74. The molecule has 0 fully saturated rings. The zero-order valence-corrected chi connectivity index (χ0v) is 13.6. The lowest BCUT2D eigenvalue weighted by molar-refractivity contribution is -0.140. The number of carboxylic acids is 1. The van der Waals surface area contributed by atoms with Crippen LogP contribution in [0.5, 0.6) is 0 Å². The molecule has 23 heavy (non-hydrogen) atoms. The molecule has 2 N–H and O–H groups in total. The number of rotatable bonds is 7. The van der Waals surface area contributed by atoms with Gasteiger partial charge in [-0.25, -0.2) is 9.07 Å². The summed E-state index contributed by atoms with van der Waals surface area (Å²) in [7, 11) is 0. The fraction of sp³-hybridized carbons (Fsp3) is 0.400. The van der Waals surface area contributed by atoms with Gasteiger partial charge in [0.25, 0.3) is 0 Å². The largest absolute Gasteiger partial charge is 0.480 e. The molecule has 0 spiro atoms. The second-order valence-corrected chi connectivity index (χ2v) is 6.06. The summed E-state index contributed by atoms with van der Waals surface area (Å²) in [4.78, 5) is 11.2. The summed E-state index contributed by atoms with van der Waals surface area (Å²) < 4.78 is 14.6. The highest BCUT2D eigenvalue weighted by molar-refractivity contribution is 6.30. The Labute approximate surface area is 138 Å². The van der Waals surface area contributed by atoms with E-state index in [0.29, 0.717) is 17.8 Å². The quantitative estimate of drug-likeness (QED) is 0.810. The van der Waals surface area contributed by atoms with Crippen molar-refractivity contribution in [3.63, 3.8) is 0 Å². The average Bonchev–Trinajstić information content (AvgIpc) is 2.94. The maximum atomic E-state index is 13.2. The lowest BCUT2D eigenvalue weighted by atomic mass is 10.0. The van der Waals surface area contributed by atoms with E-state index in [2.05, 4.69) is 15.6 Å². The predicted molar refractivity (Wildman–Crippen MR) is 84.0 cm³/mol. The predicted octanol–water partition coefficient (Wildman–Crippen LogP) is 2.65. The Balaban J connectivity index is 2.04. The fourth-order valence-corrected chi connectivity index (χ4v) is 2.28. The SMILES string of the molecule is CC(C)C[C@@H](NCc1cn(-c2ccc(F)c(Cl)c2)nn1)C(=O)O. The van der Waals surface area contributed by atoms with Crippen molar-refractivity contribution < 1.29 is 14.3 Å². The van der Waals surface area contributed by atoms with Crippen molar-refractivity contribution in [3.8, 4) is 5.69 Å². The van der Waals surface area contributed by atoms with Gasteiger partial charge in [0, 0.05) is 6.54 Å². The second kappa shape index (κ2) is 7.52. The first kappa shape index (κ1) is 17.4. The molecule has 1 aromatic carbocycles. The van der Waals surface area contributed by atoms with E-state index >= 15 is 0 Å². The molecule has 124 valence electrons. The van der Waals surface area contributed by atoms with E-state index < -0.39 is 17.8 Å². The molecule has 0 aliphatic carbocycles. The van der Waals surface area contributed by atoms with Crippen molar-refractivity contribution in [2.45, 2.75) is 32.9 Å². The van der Waals surface area contributed by atoms with Gasteiger partial charge in [0.15, 0.2) is 0 Å². The summed E-state index contributed by atoms with van der Waals surface area (Å²) in [5.41, 5.74) is 1.16. The first-order valence-corrected chi connectivity index (χ1v) is 7.57. The van der Waals surface area contributed by atoms with Gasteiger partial charge in [0.2, 0.25) is 0 Å². The topological polar surface area (TPSA) is 80.0 Å². The van der Waals surface area contributed by atoms with Crippen molar-refractivity contribution in [2.75, 3.05) is 0 Å². The normalized spacial score (nSPS) is 12.6. The van der Waals surface area contributed by atoms with E-state index in [9.17, 15) is 14.3 Å². The van der Waals surface area contributed by atoms with Crippen LogP contribution in [0.1, 0.15) is 26.0 Å². The van der Waals surface area contributed by atoms with E-state index in [1.807, 2.05) is 13.8 Å². The van der Waals surface area contributed by atoms with Gasteiger partial charge in [-0.15, -0.1) is 5.10 Å². The number of hydrogen-bond donors (Lipinski definition) is 2. The van der Waals surface area contributed by atoms with Gasteiger partial charge in [-0.3, -0.25) is 10.1 Å². The van der Waals surface area contributed by atoms with Crippen molar-refractivity contribution in [1.82, 2.24) is 20.3 Å². The zero-order chi connectivity index (χ0) is 17.0. The Morgan fingerprint density at radius 1 is 1.48 bits per heavy atom. The molecule has 1 atom stereocenters. The number of benzene rings is 1. The number of hydrogen-bond acceptors (Lipinski definition) is 4. The second-order valence-electron chi connectivity index (χ2n) is 5.65. The number of carboxylic acid groups (broad SMARTS) is 1. The van der Waals surface area contributed by atoms with Gasteiger partial charge in [-0.2, -0.15) is 0 Å². The van der Waals surface area contributed by atoms with Crippen LogP contribution in [0.3, 0.4) is 0 Å². The van der Waals surface area contributed by atoms with E-state index in [0.717, 1.165) is 0 Å². The van der Waals surface area contributed by atoms with Crippen LogP contribution < -0.4 is 5.32 Å². The first-order chi connectivity index (χ1) is 10.9. The molecule has 1 aromatic heterocycles. The number of nitrogens with one attached hydrogen (secondary N) is 1. The maximum Gasteiger partial charge on any atom is 0.320 e. The Morgan fingerprint density at radius 2 is 2.22 bits per heavy atom. The minimum absolute atomic E-state index is 0.000509. The lowest BCUT2D eigenvalue weighted by Crippen LogP contribution is -2.37. The zero-order valence-electron chi connectivity index (χ0n) is 12.8. The van der Waals surface area contributed by atoms with Crippen LogP contribution in [0.25, 0.3) is 5.69 Å². The van der Waals surface area contributed by atoms with Crippen LogP contribution in [0.4, 0.5) is 4.39 Å². The van der Waals surface area contributed by atoms with E-state index in [-0.39, 0.29) is 17.5 Å². The highest BCUT2D eigenvalue weighted by Crippen LogP contribution is 2.18. The van der Waals surface area contributed by atoms with Gasteiger partial charge < -0.3 is 5.11 Å². The van der Waals surface area contributed by atoms with E-state index in [1.54, 1.807) is 6.20 Å². The third-order valence-electron chi connectivity index (χ3n) is 3.24. The Kier molecular flexibility index (Phi) is 5.68. The van der Waals surface area contributed by atoms with Crippen molar-refractivity contribution >= 4 is 17.6 Å². The molecule has 0 amide bonds. The summed E-state index contributed by atoms with van der Waals surface area (Å²) in [5, 5.41) is 20.1. The lowest BCUT2D eigenvalue weighted by Gasteiger charge is -2.15. The number of halogens is 2. The molecular weight excluding hydrogens is 323 g/mol. The van der Waals surface area contributed by atoms with Crippen LogP contribution in [0.15, 0.2) is 24.4 Å². The van der Waals surface area contributed by atoms with E-state index in [4.69, 9.17) is 11.6 Å². The molecule has 0 saturated heterocycles. The molecule has 0 unspecified atom stereocenters. The van der Waals surface area contributed by atoms with Gasteiger partial charge in [0.05, 0.1) is 22.6 Å². The Bertz CT molecular complexity index is 690. The maximum absolute atomic E-state index is 13.2. The van der Waals surface area contributed by atoms with Crippen LogP contribution in [-0.4, -0.2) is 32.1 Å². The summed E-state index contributed by atoms with van der Waals surface area (Å²) in [6.45, 7) is 4.21. The number of nitrogens with zero attached hydrogens (tertiary/aromatic N) is 3. The van der Waals surface area contributed by atoms with Crippen LogP contribution in [-0.2, 0) is 11.3 Å². The molecule has 0 aliphatic heterocycles. The number of aromatic nitrogens is 3. The van der Waals surface area contributed by atoms with Crippen LogP contribution >= 0.6 is 11.6 Å². The summed E-state index contributed by atoms with van der Waals surface area (Å²) in [5.74, 6) is -1.13. The minimum Gasteiger partial charge on any atom is -0.480 e. The van der Waals surface area contributed by atoms with Crippen molar-refractivity contribution in [1.29, 1.82) is 0 Å². The summed E-state index contributed by atoms with van der Waals surface area (Å²) in [6.07, 6.45) is 2.17. The number of aliphatic carboxylic acids is 1. The molecule has 6 nitrogen and oxygen atoms in total. The molecule has 1 heterocycles. The monoisotopic (exact) mass is 340 g/mol. The van der Waals surface area contributed by atoms with Crippen molar-refractivity contribution in [3.05, 3.63) is 40.9 Å². The number of carbonyl (C=O) groups is 1. The van der Waals surface area contributed by atoms with Crippen LogP contribution in [0.2, 0.25) is 5.02 Å². The standard InChI is InChI=1S/C15H18ClFN4O2/c1-9(2)5-14(15(22)23)18-7-10-8-21(20-19-10)11-3-4-13(17)12(16)6-11/h3-4,6,8-9,14,18H,5,7H2,1-2H3,(H,22,23)/t14-/m1/s1. The van der Waals surface area contributed by atoms with Gasteiger partial charge in [-0.05, 0) is 30.5 Å². The molecule has 8 heteroatoms. The molecular formula is C15H18ClFN4O2. The Morgan fingerprint density at radius 3 is 2.83 bits per heavy atom. The molecule has 0 bridgehead atoms. The summed E-state index contributed by atoms with van der Waals surface area (Å²) >= 11 is 5.74. The molecule has 0 aliphatic rings. The molecule has 2 rings (SSSR count). The molecule has 2 aromatic rings. The smallest absolute Gasteiger partial charge is 0.320 e. The summed E-state index contributed by atoms with van der Waals surface area (Å²) in [6, 6.07) is 3.59. The van der Waals surface area contributed by atoms with Gasteiger partial charge >= 0.3 is 5.97 Å². The van der Waals surface area contributed by atoms with Gasteiger partial charge in [0.1, 0.15) is 11.9 Å². The van der Waals surface area contributed by atoms with Gasteiger partial charge in [-0.1, -0.05) is 30.7 Å². The average molecular weight is 341 g/mol. The van der Waals surface area contributed by atoms with Crippen molar-refractivity contribution in [2.24, 2.45) is 5.92 Å². The molecule has 0 saturated carbocycles. The fourth-order valence-electron chi connectivity index (χ4n) is 2.10. The van der Waals surface area contributed by atoms with E-state index in [1.165, 1.54) is 22.9 Å². The minimum atomic E-state index is -0.892. The van der Waals surface area contributed by atoms with Crippen LogP contribution in [0, 0.1) is 11.7 Å². The Hall–Kier alpha value is -1.99.